The first-order valence-electron chi connectivity index (χ1n) is 9.12. The van der Waals surface area contributed by atoms with Gasteiger partial charge in [0.15, 0.2) is 18.1 Å². The van der Waals surface area contributed by atoms with Crippen LogP contribution in [-0.2, 0) is 4.79 Å². The van der Waals surface area contributed by atoms with Crippen LogP contribution >= 0.6 is 15.9 Å². The molecule has 150 valence electrons. The second kappa shape index (κ2) is 10.3. The van der Waals surface area contributed by atoms with Crippen LogP contribution in [0, 0.1) is 11.3 Å². The zero-order valence-corrected chi connectivity index (χ0v) is 17.8. The fourth-order valence-corrected chi connectivity index (χ4v) is 3.00. The van der Waals surface area contributed by atoms with E-state index in [9.17, 15) is 10.1 Å². The molecule has 5 nitrogen and oxygen atoms in total. The van der Waals surface area contributed by atoms with E-state index in [1.54, 1.807) is 30.3 Å². The number of rotatable bonds is 7. The van der Waals surface area contributed by atoms with Crippen molar-refractivity contribution in [2.75, 3.05) is 19.0 Å². The number of amides is 1. The average Bonchev–Trinajstić information content (AvgIpc) is 2.77. The van der Waals surface area contributed by atoms with E-state index in [1.807, 2.05) is 48.5 Å². The van der Waals surface area contributed by atoms with Gasteiger partial charge in [0.1, 0.15) is 0 Å². The van der Waals surface area contributed by atoms with Gasteiger partial charge >= 0.3 is 0 Å². The van der Waals surface area contributed by atoms with Crippen LogP contribution in [-0.4, -0.2) is 19.6 Å². The Morgan fingerprint density at radius 3 is 2.47 bits per heavy atom. The van der Waals surface area contributed by atoms with Crippen LogP contribution in [0.5, 0.6) is 11.5 Å². The molecule has 0 saturated carbocycles. The lowest BCUT2D eigenvalue weighted by Gasteiger charge is -2.12. The average molecular weight is 463 g/mol. The molecule has 1 amide bonds. The summed E-state index contributed by atoms with van der Waals surface area (Å²) in [5.41, 5.74) is 2.83. The number of allylic oxidation sites excluding steroid dienone is 1. The monoisotopic (exact) mass is 462 g/mol. The SMILES string of the molecule is COc1cc(/C=C(\C#N)c2ccc(Br)cc2)ccc1OCC(=O)Nc1ccccc1. The smallest absolute Gasteiger partial charge is 0.262 e. The zero-order valence-electron chi connectivity index (χ0n) is 16.3. The van der Waals surface area contributed by atoms with Crippen molar-refractivity contribution < 1.29 is 14.3 Å². The largest absolute Gasteiger partial charge is 0.493 e. The van der Waals surface area contributed by atoms with Gasteiger partial charge in [-0.2, -0.15) is 5.26 Å². The molecule has 0 bridgehead atoms. The third kappa shape index (κ3) is 5.72. The molecule has 0 radical (unpaired) electrons. The summed E-state index contributed by atoms with van der Waals surface area (Å²) in [4.78, 5) is 12.1. The number of anilines is 1. The summed E-state index contributed by atoms with van der Waals surface area (Å²) in [5.74, 6) is 0.651. The van der Waals surface area contributed by atoms with Crippen molar-refractivity contribution in [3.05, 3.63) is 88.4 Å². The molecule has 0 aliphatic carbocycles. The van der Waals surface area contributed by atoms with Gasteiger partial charge in [-0.25, -0.2) is 0 Å². The molecule has 3 aromatic rings. The number of carbonyl (C=O) groups is 1. The molecule has 0 aliphatic heterocycles. The van der Waals surface area contributed by atoms with Gasteiger partial charge in [-0.05, 0) is 53.6 Å². The van der Waals surface area contributed by atoms with Crippen LogP contribution in [0.2, 0.25) is 0 Å². The van der Waals surface area contributed by atoms with Gasteiger partial charge in [-0.15, -0.1) is 0 Å². The lowest BCUT2D eigenvalue weighted by Crippen LogP contribution is -2.20. The highest BCUT2D eigenvalue weighted by Gasteiger charge is 2.09. The fraction of sp³-hybridized carbons (Fsp3) is 0.0833. The lowest BCUT2D eigenvalue weighted by molar-refractivity contribution is -0.118. The Hall–Kier alpha value is -3.56. The molecular formula is C24H19BrN2O3. The van der Waals surface area contributed by atoms with Crippen molar-refractivity contribution in [3.8, 4) is 17.6 Å². The quantitative estimate of drug-likeness (QED) is 0.369. The van der Waals surface area contributed by atoms with Crippen LogP contribution in [0.15, 0.2) is 77.3 Å². The van der Waals surface area contributed by atoms with Crippen molar-refractivity contribution in [3.63, 3.8) is 0 Å². The first-order valence-corrected chi connectivity index (χ1v) is 9.92. The standard InChI is InChI=1S/C24H19BrN2O3/c1-29-23-14-17(13-19(15-26)18-8-10-20(25)11-9-18)7-12-22(23)30-16-24(28)27-21-5-3-2-4-6-21/h2-14H,16H2,1H3,(H,27,28)/b19-13+. The molecule has 0 aliphatic rings. The summed E-state index contributed by atoms with van der Waals surface area (Å²) in [6.45, 7) is -0.150. The molecule has 30 heavy (non-hydrogen) atoms. The summed E-state index contributed by atoms with van der Waals surface area (Å²) in [5, 5.41) is 12.3. The molecule has 3 rings (SSSR count). The Morgan fingerprint density at radius 1 is 1.07 bits per heavy atom. The number of nitrogens with one attached hydrogen (secondary N) is 1. The Balaban J connectivity index is 1.72. The minimum atomic E-state index is -0.269. The first-order chi connectivity index (χ1) is 14.6. The third-order valence-electron chi connectivity index (χ3n) is 4.19. The Morgan fingerprint density at radius 2 is 1.80 bits per heavy atom. The Labute approximate surface area is 183 Å². The molecular weight excluding hydrogens is 444 g/mol. The number of para-hydroxylation sites is 1. The first kappa shape index (κ1) is 21.2. The van der Waals surface area contributed by atoms with Crippen LogP contribution in [0.25, 0.3) is 11.6 Å². The Kier molecular flexibility index (Phi) is 7.25. The summed E-state index contributed by atoms with van der Waals surface area (Å²) < 4.78 is 12.0. The molecule has 0 spiro atoms. The zero-order chi connectivity index (χ0) is 21.3. The van der Waals surface area contributed by atoms with E-state index in [2.05, 4.69) is 27.3 Å². The molecule has 0 saturated heterocycles. The summed E-state index contributed by atoms with van der Waals surface area (Å²) in [6.07, 6.45) is 1.78. The van der Waals surface area contributed by atoms with Crippen molar-refractivity contribution in [2.45, 2.75) is 0 Å². The van der Waals surface area contributed by atoms with Crippen molar-refractivity contribution >= 4 is 39.2 Å². The van der Waals surface area contributed by atoms with E-state index >= 15 is 0 Å². The van der Waals surface area contributed by atoms with Crippen LogP contribution in [0.1, 0.15) is 11.1 Å². The van der Waals surface area contributed by atoms with Gasteiger partial charge in [0.25, 0.3) is 5.91 Å². The van der Waals surface area contributed by atoms with E-state index in [1.165, 1.54) is 7.11 Å². The molecule has 0 fully saturated rings. The summed E-state index contributed by atoms with van der Waals surface area (Å²) >= 11 is 3.39. The number of hydrogen-bond donors (Lipinski definition) is 1. The second-order valence-corrected chi connectivity index (χ2v) is 7.21. The van der Waals surface area contributed by atoms with E-state index in [4.69, 9.17) is 9.47 Å². The number of halogens is 1. The number of carbonyl (C=O) groups excluding carboxylic acids is 1. The molecule has 1 N–H and O–H groups in total. The van der Waals surface area contributed by atoms with Crippen molar-refractivity contribution in [1.29, 1.82) is 5.26 Å². The highest BCUT2D eigenvalue weighted by Crippen LogP contribution is 2.30. The number of ether oxygens (including phenoxy) is 2. The topological polar surface area (TPSA) is 71.3 Å². The predicted molar refractivity (Wildman–Crippen MR) is 121 cm³/mol. The van der Waals surface area contributed by atoms with E-state index < -0.39 is 0 Å². The highest BCUT2D eigenvalue weighted by atomic mass is 79.9. The maximum atomic E-state index is 12.1. The second-order valence-electron chi connectivity index (χ2n) is 6.29. The van der Waals surface area contributed by atoms with Crippen molar-refractivity contribution in [1.82, 2.24) is 0 Å². The van der Waals surface area contributed by atoms with Gasteiger partial charge in [0.05, 0.1) is 18.8 Å². The molecule has 0 aromatic heterocycles. The molecule has 6 heteroatoms. The maximum Gasteiger partial charge on any atom is 0.262 e. The minimum absolute atomic E-state index is 0.150. The van der Waals surface area contributed by atoms with Gasteiger partial charge in [0.2, 0.25) is 0 Å². The normalized spacial score (nSPS) is 10.8. The van der Waals surface area contributed by atoms with Crippen LogP contribution < -0.4 is 14.8 Å². The van der Waals surface area contributed by atoms with E-state index in [0.717, 1.165) is 15.6 Å². The maximum absolute atomic E-state index is 12.1. The van der Waals surface area contributed by atoms with Gasteiger partial charge in [-0.3, -0.25) is 4.79 Å². The number of methoxy groups -OCH3 is 1. The van der Waals surface area contributed by atoms with Gasteiger partial charge in [0, 0.05) is 10.2 Å². The fourth-order valence-electron chi connectivity index (χ4n) is 2.73. The number of nitrogens with zero attached hydrogens (tertiary/aromatic N) is 1. The summed E-state index contributed by atoms with van der Waals surface area (Å²) in [7, 11) is 1.53. The Bertz CT molecular complexity index is 1090. The number of benzene rings is 3. The van der Waals surface area contributed by atoms with Crippen molar-refractivity contribution in [2.24, 2.45) is 0 Å². The molecule has 0 atom stereocenters. The number of nitriles is 1. The molecule has 0 unspecified atom stereocenters. The lowest BCUT2D eigenvalue weighted by atomic mass is 10.0. The highest BCUT2D eigenvalue weighted by molar-refractivity contribution is 9.10. The number of hydrogen-bond acceptors (Lipinski definition) is 4. The van der Waals surface area contributed by atoms with E-state index in [0.29, 0.717) is 22.8 Å². The van der Waals surface area contributed by atoms with Crippen LogP contribution in [0.4, 0.5) is 5.69 Å². The summed E-state index contributed by atoms with van der Waals surface area (Å²) in [6, 6.07) is 24.2. The minimum Gasteiger partial charge on any atom is -0.493 e. The van der Waals surface area contributed by atoms with Crippen LogP contribution in [0.3, 0.4) is 0 Å². The van der Waals surface area contributed by atoms with Gasteiger partial charge < -0.3 is 14.8 Å². The van der Waals surface area contributed by atoms with E-state index in [-0.39, 0.29) is 12.5 Å². The predicted octanol–water partition coefficient (Wildman–Crippen LogP) is 5.54. The third-order valence-corrected chi connectivity index (χ3v) is 4.72. The molecule has 3 aromatic carbocycles. The van der Waals surface area contributed by atoms with Gasteiger partial charge in [-0.1, -0.05) is 52.3 Å². The molecule has 0 heterocycles.